The van der Waals surface area contributed by atoms with Gasteiger partial charge in [-0.25, -0.2) is 4.79 Å². The number of ether oxygens (including phenoxy) is 2. The second kappa shape index (κ2) is 12.3. The molecule has 150 valence electrons. The molecule has 0 heterocycles. The summed E-state index contributed by atoms with van der Waals surface area (Å²) >= 11 is 1.19. The number of esters is 2. The number of thioether (sulfide) groups is 1. The van der Waals surface area contributed by atoms with Crippen molar-refractivity contribution >= 4 is 29.4 Å². The van der Waals surface area contributed by atoms with E-state index in [0.717, 1.165) is 25.7 Å². The van der Waals surface area contributed by atoms with Crippen molar-refractivity contribution in [2.75, 3.05) is 19.5 Å². The third-order valence-corrected chi connectivity index (χ3v) is 5.23. The number of nitro groups is 1. The zero-order valence-electron chi connectivity index (χ0n) is 16.1. The second-order valence-electron chi connectivity index (χ2n) is 6.13. The van der Waals surface area contributed by atoms with E-state index in [1.54, 1.807) is 0 Å². The number of benzene rings is 1. The van der Waals surface area contributed by atoms with Crippen molar-refractivity contribution < 1.29 is 24.0 Å². The van der Waals surface area contributed by atoms with E-state index in [9.17, 15) is 19.7 Å². The fraction of sp³-hybridized carbons (Fsp3) is 0.579. The highest BCUT2D eigenvalue weighted by Crippen LogP contribution is 2.30. The summed E-state index contributed by atoms with van der Waals surface area (Å²) < 4.78 is 9.90. The van der Waals surface area contributed by atoms with Crippen LogP contribution in [0.2, 0.25) is 0 Å². The Kier molecular flexibility index (Phi) is 10.5. The van der Waals surface area contributed by atoms with Crippen LogP contribution in [-0.4, -0.2) is 36.3 Å². The van der Waals surface area contributed by atoms with Gasteiger partial charge in [0, 0.05) is 11.8 Å². The van der Waals surface area contributed by atoms with Crippen molar-refractivity contribution in [3.8, 4) is 0 Å². The monoisotopic (exact) mass is 397 g/mol. The highest BCUT2D eigenvalue weighted by Gasteiger charge is 2.19. The molecule has 0 saturated carbocycles. The Morgan fingerprint density at radius 1 is 1.30 bits per heavy atom. The third kappa shape index (κ3) is 7.99. The average molecular weight is 397 g/mol. The molecular weight excluding hydrogens is 370 g/mol. The first-order valence-electron chi connectivity index (χ1n) is 9.08. The Morgan fingerprint density at radius 2 is 2.04 bits per heavy atom. The van der Waals surface area contributed by atoms with Crippen molar-refractivity contribution in [1.29, 1.82) is 0 Å². The van der Waals surface area contributed by atoms with Gasteiger partial charge in [-0.1, -0.05) is 33.1 Å². The molecule has 0 aliphatic heterocycles. The number of carbonyl (C=O) groups is 2. The molecule has 8 heteroatoms. The van der Waals surface area contributed by atoms with E-state index >= 15 is 0 Å². The molecule has 1 aromatic carbocycles. The van der Waals surface area contributed by atoms with Crippen LogP contribution in [0.25, 0.3) is 0 Å². The van der Waals surface area contributed by atoms with E-state index in [1.807, 2.05) is 0 Å². The second-order valence-corrected chi connectivity index (χ2v) is 7.27. The minimum Gasteiger partial charge on any atom is -0.465 e. The van der Waals surface area contributed by atoms with Crippen LogP contribution >= 0.6 is 11.8 Å². The molecule has 0 aliphatic rings. The number of rotatable bonds is 12. The SMILES string of the molecule is CCCCC(CC)COC(=O)CCSc1ccc(C(=O)OC)cc1[N+](=O)[O-]. The standard InChI is InChI=1S/C19H27NO6S/c1-4-6-7-14(5-2)13-26-18(21)10-11-27-17-9-8-15(19(22)25-3)12-16(17)20(23)24/h8-9,12,14H,4-7,10-11,13H2,1-3H3. The quantitative estimate of drug-likeness (QED) is 0.220. The molecular formula is C19H27NO6S. The van der Waals surface area contributed by atoms with Crippen molar-refractivity contribution in [2.45, 2.75) is 50.8 Å². The van der Waals surface area contributed by atoms with Gasteiger partial charge in [-0.2, -0.15) is 0 Å². The number of hydrogen-bond acceptors (Lipinski definition) is 7. The van der Waals surface area contributed by atoms with Gasteiger partial charge in [0.25, 0.3) is 5.69 Å². The van der Waals surface area contributed by atoms with E-state index in [0.29, 0.717) is 23.2 Å². The maximum atomic E-state index is 11.9. The van der Waals surface area contributed by atoms with Gasteiger partial charge in [0.05, 0.1) is 35.5 Å². The minimum atomic E-state index is -0.633. The number of methoxy groups -OCH3 is 1. The van der Waals surface area contributed by atoms with Crippen molar-refractivity contribution in [3.63, 3.8) is 0 Å². The van der Waals surface area contributed by atoms with Crippen LogP contribution in [-0.2, 0) is 14.3 Å². The molecule has 0 radical (unpaired) electrons. The first-order chi connectivity index (χ1) is 12.9. The van der Waals surface area contributed by atoms with Crippen LogP contribution in [0.1, 0.15) is 56.3 Å². The van der Waals surface area contributed by atoms with Gasteiger partial charge < -0.3 is 9.47 Å². The van der Waals surface area contributed by atoms with Crippen LogP contribution < -0.4 is 0 Å². The Balaban J connectivity index is 2.54. The largest absolute Gasteiger partial charge is 0.465 e. The molecule has 0 N–H and O–H groups in total. The zero-order valence-corrected chi connectivity index (χ0v) is 16.9. The van der Waals surface area contributed by atoms with Gasteiger partial charge >= 0.3 is 11.9 Å². The summed E-state index contributed by atoms with van der Waals surface area (Å²) in [6.07, 6.45) is 4.44. The van der Waals surface area contributed by atoms with E-state index in [2.05, 4.69) is 18.6 Å². The molecule has 0 spiro atoms. The Labute approximate surface area is 164 Å². The lowest BCUT2D eigenvalue weighted by atomic mass is 10.0. The van der Waals surface area contributed by atoms with Gasteiger partial charge in [0.1, 0.15) is 0 Å². The normalized spacial score (nSPS) is 11.7. The van der Waals surface area contributed by atoms with E-state index in [4.69, 9.17) is 4.74 Å². The summed E-state index contributed by atoms with van der Waals surface area (Å²) in [6, 6.07) is 4.16. The maximum Gasteiger partial charge on any atom is 0.338 e. The molecule has 1 unspecified atom stereocenters. The van der Waals surface area contributed by atoms with Gasteiger partial charge in [-0.05, 0) is 24.5 Å². The summed E-state index contributed by atoms with van der Waals surface area (Å²) in [5, 5.41) is 11.2. The predicted molar refractivity (Wildman–Crippen MR) is 104 cm³/mol. The summed E-state index contributed by atoms with van der Waals surface area (Å²) in [5.41, 5.74) is -0.0625. The molecule has 0 aromatic heterocycles. The Morgan fingerprint density at radius 3 is 2.63 bits per heavy atom. The fourth-order valence-electron chi connectivity index (χ4n) is 2.45. The number of carbonyl (C=O) groups excluding carboxylic acids is 2. The lowest BCUT2D eigenvalue weighted by molar-refractivity contribution is -0.387. The first kappa shape index (κ1) is 23.0. The summed E-state index contributed by atoms with van der Waals surface area (Å²) in [6.45, 7) is 4.64. The van der Waals surface area contributed by atoms with Gasteiger partial charge in [-0.15, -0.1) is 11.8 Å². The van der Waals surface area contributed by atoms with E-state index in [-0.39, 0.29) is 23.6 Å². The molecule has 0 aliphatic carbocycles. The summed E-state index contributed by atoms with van der Waals surface area (Å²) in [4.78, 5) is 34.5. The molecule has 1 rings (SSSR count). The van der Waals surface area contributed by atoms with Crippen molar-refractivity contribution in [2.24, 2.45) is 5.92 Å². The maximum absolute atomic E-state index is 11.9. The molecule has 7 nitrogen and oxygen atoms in total. The number of unbranched alkanes of at least 4 members (excludes halogenated alkanes) is 1. The molecule has 1 atom stereocenters. The molecule has 0 saturated heterocycles. The highest BCUT2D eigenvalue weighted by atomic mass is 32.2. The zero-order chi connectivity index (χ0) is 20.2. The molecule has 0 bridgehead atoms. The summed E-state index contributed by atoms with van der Waals surface area (Å²) in [7, 11) is 1.22. The Bertz CT molecular complexity index is 649. The average Bonchev–Trinajstić information content (AvgIpc) is 2.67. The van der Waals surface area contributed by atoms with Crippen molar-refractivity contribution in [3.05, 3.63) is 33.9 Å². The summed E-state index contributed by atoms with van der Waals surface area (Å²) in [5.74, 6) is -0.185. The van der Waals surface area contributed by atoms with Crippen LogP contribution in [0.3, 0.4) is 0 Å². The topological polar surface area (TPSA) is 95.7 Å². The number of nitro benzene ring substituents is 1. The van der Waals surface area contributed by atoms with Crippen LogP contribution in [0.5, 0.6) is 0 Å². The smallest absolute Gasteiger partial charge is 0.338 e. The molecule has 0 fully saturated rings. The highest BCUT2D eigenvalue weighted by molar-refractivity contribution is 7.99. The van der Waals surface area contributed by atoms with Gasteiger partial charge in [-0.3, -0.25) is 14.9 Å². The predicted octanol–water partition coefficient (Wildman–Crippen LogP) is 4.62. The van der Waals surface area contributed by atoms with Crippen LogP contribution in [0.4, 0.5) is 5.69 Å². The third-order valence-electron chi connectivity index (χ3n) is 4.16. The minimum absolute atomic E-state index is 0.116. The van der Waals surface area contributed by atoms with Crippen LogP contribution in [0.15, 0.2) is 23.1 Å². The van der Waals surface area contributed by atoms with Crippen molar-refractivity contribution in [1.82, 2.24) is 0 Å². The number of hydrogen-bond donors (Lipinski definition) is 0. The molecule has 1 aromatic rings. The lowest BCUT2D eigenvalue weighted by Gasteiger charge is -2.14. The van der Waals surface area contributed by atoms with Crippen LogP contribution in [0, 0.1) is 16.0 Å². The molecule has 27 heavy (non-hydrogen) atoms. The Hall–Kier alpha value is -2.09. The molecule has 0 amide bonds. The van der Waals surface area contributed by atoms with Gasteiger partial charge in [0.15, 0.2) is 0 Å². The lowest BCUT2D eigenvalue weighted by Crippen LogP contribution is -2.14. The number of nitrogens with zero attached hydrogens (tertiary/aromatic N) is 1. The van der Waals surface area contributed by atoms with E-state index < -0.39 is 10.9 Å². The fourth-order valence-corrected chi connectivity index (χ4v) is 3.39. The van der Waals surface area contributed by atoms with E-state index in [1.165, 1.54) is 37.1 Å². The van der Waals surface area contributed by atoms with Gasteiger partial charge in [0.2, 0.25) is 0 Å². The first-order valence-corrected chi connectivity index (χ1v) is 10.1.